The number of nitrogens with one attached hydrogen (secondary N) is 1. The molecule has 0 atom stereocenters. The Morgan fingerprint density at radius 2 is 1.88 bits per heavy atom. The van der Waals surface area contributed by atoms with Crippen LogP contribution < -0.4 is 4.90 Å². The zero-order valence-corrected chi connectivity index (χ0v) is 10.5. The normalized spacial score (nSPS) is 16.7. The third-order valence-corrected chi connectivity index (χ3v) is 3.37. The Bertz CT molecular complexity index is 538. The summed E-state index contributed by atoms with van der Waals surface area (Å²) in [6, 6.07) is 2.15. The Labute approximate surface area is 101 Å². The van der Waals surface area contributed by atoms with Crippen LogP contribution in [0.15, 0.2) is 6.07 Å². The van der Waals surface area contributed by atoms with Crippen molar-refractivity contribution < 1.29 is 0 Å². The zero-order chi connectivity index (χ0) is 11.8. The molecule has 1 fully saturated rings. The summed E-state index contributed by atoms with van der Waals surface area (Å²) in [4.78, 5) is 14.8. The molecule has 0 aliphatic carbocycles. The Kier molecular flexibility index (Phi) is 2.50. The molecule has 0 spiro atoms. The molecule has 0 radical (unpaired) electrons. The van der Waals surface area contributed by atoms with Gasteiger partial charge in [-0.15, -0.1) is 0 Å². The van der Waals surface area contributed by atoms with Crippen LogP contribution in [0.2, 0.25) is 0 Å². The summed E-state index contributed by atoms with van der Waals surface area (Å²) in [7, 11) is 0. The Morgan fingerprint density at radius 3 is 2.65 bits per heavy atom. The van der Waals surface area contributed by atoms with Gasteiger partial charge in [0.25, 0.3) is 0 Å². The lowest BCUT2D eigenvalue weighted by Crippen LogP contribution is -2.30. The van der Waals surface area contributed by atoms with Crippen molar-refractivity contribution in [1.29, 1.82) is 0 Å². The Morgan fingerprint density at radius 1 is 1.12 bits per heavy atom. The summed E-state index contributed by atoms with van der Waals surface area (Å²) >= 11 is 0. The van der Waals surface area contributed by atoms with Gasteiger partial charge in [0.2, 0.25) is 0 Å². The number of hydrogen-bond donors (Lipinski definition) is 1. The number of aromatic nitrogens is 3. The second-order valence-corrected chi connectivity index (χ2v) is 4.86. The van der Waals surface area contributed by atoms with Crippen LogP contribution >= 0.6 is 0 Å². The minimum absolute atomic E-state index is 0.847. The fourth-order valence-corrected chi connectivity index (χ4v) is 2.58. The molecule has 90 valence electrons. The fourth-order valence-electron chi connectivity index (χ4n) is 2.58. The molecule has 2 aromatic rings. The molecule has 1 aliphatic heterocycles. The molecule has 1 saturated heterocycles. The van der Waals surface area contributed by atoms with Crippen LogP contribution in [0, 0.1) is 13.8 Å². The monoisotopic (exact) mass is 230 g/mol. The van der Waals surface area contributed by atoms with Crippen molar-refractivity contribution in [1.82, 2.24) is 15.0 Å². The van der Waals surface area contributed by atoms with E-state index < -0.39 is 0 Å². The van der Waals surface area contributed by atoms with Crippen molar-refractivity contribution >= 4 is 16.9 Å². The summed E-state index contributed by atoms with van der Waals surface area (Å²) in [5, 5.41) is 1.16. The third-order valence-electron chi connectivity index (χ3n) is 3.37. The van der Waals surface area contributed by atoms with Crippen molar-refractivity contribution in [2.75, 3.05) is 18.0 Å². The van der Waals surface area contributed by atoms with Gasteiger partial charge >= 0.3 is 0 Å². The molecule has 4 nitrogen and oxygen atoms in total. The lowest BCUT2D eigenvalue weighted by atomic mass is 10.1. The molecule has 4 heteroatoms. The second-order valence-electron chi connectivity index (χ2n) is 4.86. The van der Waals surface area contributed by atoms with E-state index in [0.717, 1.165) is 41.5 Å². The van der Waals surface area contributed by atoms with E-state index in [1.54, 1.807) is 0 Å². The van der Waals surface area contributed by atoms with Gasteiger partial charge in [-0.2, -0.15) is 0 Å². The molecule has 0 amide bonds. The lowest BCUT2D eigenvalue weighted by Gasteiger charge is -2.28. The highest BCUT2D eigenvalue weighted by atomic mass is 15.2. The topological polar surface area (TPSA) is 44.8 Å². The summed E-state index contributed by atoms with van der Waals surface area (Å²) in [6.07, 6.45) is 3.89. The van der Waals surface area contributed by atoms with Gasteiger partial charge in [-0.1, -0.05) is 0 Å². The maximum Gasteiger partial charge on any atom is 0.143 e. The highest BCUT2D eigenvalue weighted by Gasteiger charge is 2.17. The summed E-state index contributed by atoms with van der Waals surface area (Å²) in [6.45, 7) is 6.27. The molecule has 3 heterocycles. The van der Waals surface area contributed by atoms with E-state index in [1.807, 2.05) is 6.92 Å². The Hall–Kier alpha value is -1.58. The molecule has 2 aromatic heterocycles. The van der Waals surface area contributed by atoms with E-state index >= 15 is 0 Å². The molecule has 1 aliphatic rings. The van der Waals surface area contributed by atoms with Crippen LogP contribution in [0.25, 0.3) is 11.0 Å². The van der Waals surface area contributed by atoms with Gasteiger partial charge in [-0.05, 0) is 39.2 Å². The lowest BCUT2D eigenvalue weighted by molar-refractivity contribution is 0.574. The van der Waals surface area contributed by atoms with E-state index in [4.69, 9.17) is 0 Å². The molecular weight excluding hydrogens is 212 g/mol. The molecule has 0 bridgehead atoms. The minimum atomic E-state index is 0.847. The van der Waals surface area contributed by atoms with Gasteiger partial charge in [0, 0.05) is 18.8 Å². The quantitative estimate of drug-likeness (QED) is 0.819. The zero-order valence-electron chi connectivity index (χ0n) is 10.5. The summed E-state index contributed by atoms with van der Waals surface area (Å²) < 4.78 is 0. The predicted octanol–water partition coefficient (Wildman–Crippen LogP) is 2.57. The predicted molar refractivity (Wildman–Crippen MR) is 69.4 cm³/mol. The average Bonchev–Trinajstić information content (AvgIpc) is 2.69. The van der Waals surface area contributed by atoms with Gasteiger partial charge in [0.1, 0.15) is 17.3 Å². The number of anilines is 1. The van der Waals surface area contributed by atoms with Crippen LogP contribution in [0.5, 0.6) is 0 Å². The first-order valence-electron chi connectivity index (χ1n) is 6.33. The number of nitrogens with zero attached hydrogens (tertiary/aromatic N) is 3. The van der Waals surface area contributed by atoms with Crippen LogP contribution in [0.1, 0.15) is 30.8 Å². The van der Waals surface area contributed by atoms with Gasteiger partial charge in [-0.25, -0.2) is 9.97 Å². The molecule has 0 aromatic carbocycles. The highest BCUT2D eigenvalue weighted by Crippen LogP contribution is 2.26. The number of aryl methyl sites for hydroxylation is 2. The first kappa shape index (κ1) is 10.6. The summed E-state index contributed by atoms with van der Waals surface area (Å²) in [5.74, 6) is 1.96. The van der Waals surface area contributed by atoms with Crippen molar-refractivity contribution in [3.05, 3.63) is 17.6 Å². The maximum absolute atomic E-state index is 4.63. The van der Waals surface area contributed by atoms with Gasteiger partial charge in [0.05, 0.1) is 5.39 Å². The minimum Gasteiger partial charge on any atom is -0.356 e. The number of aromatic amines is 1. The SMILES string of the molecule is Cc1nc(N2CCCCC2)c2cc(C)[nH]c2n1. The first-order chi connectivity index (χ1) is 8.24. The molecule has 0 saturated carbocycles. The smallest absolute Gasteiger partial charge is 0.143 e. The van der Waals surface area contributed by atoms with Crippen LogP contribution in [-0.4, -0.2) is 28.0 Å². The van der Waals surface area contributed by atoms with Gasteiger partial charge < -0.3 is 9.88 Å². The van der Waals surface area contributed by atoms with Crippen molar-refractivity contribution in [3.8, 4) is 0 Å². The van der Waals surface area contributed by atoms with E-state index in [-0.39, 0.29) is 0 Å². The van der Waals surface area contributed by atoms with Gasteiger partial charge in [0.15, 0.2) is 0 Å². The number of H-pyrrole nitrogens is 1. The number of hydrogen-bond acceptors (Lipinski definition) is 3. The number of piperidine rings is 1. The second kappa shape index (κ2) is 4.02. The van der Waals surface area contributed by atoms with E-state index in [9.17, 15) is 0 Å². The molecule has 17 heavy (non-hydrogen) atoms. The first-order valence-corrected chi connectivity index (χ1v) is 6.33. The molecule has 3 rings (SSSR count). The standard InChI is InChI=1S/C13H18N4/c1-9-8-11-12(14-9)15-10(2)16-13(11)17-6-4-3-5-7-17/h8H,3-7H2,1-2H3,(H,14,15,16). The number of rotatable bonds is 1. The van der Waals surface area contributed by atoms with Crippen molar-refractivity contribution in [3.63, 3.8) is 0 Å². The van der Waals surface area contributed by atoms with E-state index in [1.165, 1.54) is 19.3 Å². The maximum atomic E-state index is 4.63. The summed E-state index contributed by atoms with van der Waals surface area (Å²) in [5.41, 5.74) is 2.12. The van der Waals surface area contributed by atoms with Crippen LogP contribution in [-0.2, 0) is 0 Å². The third kappa shape index (κ3) is 1.88. The molecular formula is C13H18N4. The van der Waals surface area contributed by atoms with Crippen LogP contribution in [0.4, 0.5) is 5.82 Å². The fraction of sp³-hybridized carbons (Fsp3) is 0.538. The number of fused-ring (bicyclic) bond motifs is 1. The molecule has 0 unspecified atom stereocenters. The van der Waals surface area contributed by atoms with Crippen molar-refractivity contribution in [2.24, 2.45) is 0 Å². The van der Waals surface area contributed by atoms with Crippen LogP contribution in [0.3, 0.4) is 0 Å². The van der Waals surface area contributed by atoms with Crippen molar-refractivity contribution in [2.45, 2.75) is 33.1 Å². The van der Waals surface area contributed by atoms with Gasteiger partial charge in [-0.3, -0.25) is 0 Å². The largest absolute Gasteiger partial charge is 0.356 e. The molecule has 1 N–H and O–H groups in total. The Balaban J connectivity index is 2.12. The average molecular weight is 230 g/mol. The highest BCUT2D eigenvalue weighted by molar-refractivity contribution is 5.88. The van der Waals surface area contributed by atoms with E-state index in [0.29, 0.717) is 0 Å². The van der Waals surface area contributed by atoms with E-state index in [2.05, 4.69) is 32.8 Å².